The Morgan fingerprint density at radius 2 is 1.81 bits per heavy atom. The van der Waals surface area contributed by atoms with Crippen molar-refractivity contribution in [2.45, 2.75) is 59.5 Å². The number of hydrogen-bond acceptors (Lipinski definition) is 3. The summed E-state index contributed by atoms with van der Waals surface area (Å²) in [5.41, 5.74) is 0.751. The summed E-state index contributed by atoms with van der Waals surface area (Å²) in [5, 5.41) is 0. The fourth-order valence-corrected chi connectivity index (χ4v) is 4.75. The smallest absolute Gasteiger partial charge is 0.306 e. The lowest BCUT2D eigenvalue weighted by atomic mass is 9.75. The SMILES string of the molecule is CC(C)[C@@H]1CC[C@@H](C)C[C@H]1OC(=O)C[C@H]1[C@@H](C)[C@H]1C(=O)c1ccccc1. The van der Waals surface area contributed by atoms with Gasteiger partial charge in [-0.25, -0.2) is 0 Å². The number of esters is 1. The average molecular weight is 357 g/mol. The first-order chi connectivity index (χ1) is 12.4. The predicted octanol–water partition coefficient (Wildman–Crippen LogP) is 5.15. The third kappa shape index (κ3) is 4.19. The van der Waals surface area contributed by atoms with Crippen molar-refractivity contribution in [2.24, 2.45) is 35.5 Å². The molecule has 3 rings (SSSR count). The number of benzene rings is 1. The molecule has 3 nitrogen and oxygen atoms in total. The van der Waals surface area contributed by atoms with E-state index in [9.17, 15) is 9.59 Å². The highest BCUT2D eigenvalue weighted by atomic mass is 16.5. The molecule has 26 heavy (non-hydrogen) atoms. The van der Waals surface area contributed by atoms with Crippen molar-refractivity contribution in [1.29, 1.82) is 0 Å². The Morgan fingerprint density at radius 3 is 2.46 bits per heavy atom. The van der Waals surface area contributed by atoms with Gasteiger partial charge in [-0.05, 0) is 42.4 Å². The summed E-state index contributed by atoms with van der Waals surface area (Å²) >= 11 is 0. The van der Waals surface area contributed by atoms with E-state index in [0.29, 0.717) is 24.2 Å². The molecule has 2 saturated carbocycles. The molecule has 0 saturated heterocycles. The van der Waals surface area contributed by atoms with Crippen LogP contribution < -0.4 is 0 Å². The van der Waals surface area contributed by atoms with E-state index in [-0.39, 0.29) is 35.6 Å². The molecule has 0 aromatic heterocycles. The van der Waals surface area contributed by atoms with Gasteiger partial charge in [0.05, 0.1) is 0 Å². The van der Waals surface area contributed by atoms with Crippen LogP contribution in [0.5, 0.6) is 0 Å². The lowest BCUT2D eigenvalue weighted by molar-refractivity contribution is -0.156. The van der Waals surface area contributed by atoms with E-state index in [4.69, 9.17) is 4.74 Å². The van der Waals surface area contributed by atoms with Gasteiger partial charge in [0.2, 0.25) is 0 Å². The van der Waals surface area contributed by atoms with Crippen LogP contribution in [-0.4, -0.2) is 17.9 Å². The van der Waals surface area contributed by atoms with Gasteiger partial charge >= 0.3 is 5.97 Å². The first-order valence-corrected chi connectivity index (χ1v) is 10.2. The third-order valence-electron chi connectivity index (χ3n) is 6.57. The number of rotatable bonds is 6. The Balaban J connectivity index is 1.56. The molecule has 1 aromatic carbocycles. The lowest BCUT2D eigenvalue weighted by Crippen LogP contribution is -2.36. The van der Waals surface area contributed by atoms with Crippen LogP contribution >= 0.6 is 0 Å². The van der Waals surface area contributed by atoms with E-state index in [1.54, 1.807) is 0 Å². The normalized spacial score (nSPS) is 33.7. The molecule has 1 aromatic rings. The van der Waals surface area contributed by atoms with Crippen molar-refractivity contribution in [3.63, 3.8) is 0 Å². The van der Waals surface area contributed by atoms with E-state index in [1.165, 1.54) is 6.42 Å². The Hall–Kier alpha value is -1.64. The molecular formula is C23H32O3. The first kappa shape index (κ1) is 19.1. The Bertz CT molecular complexity index is 636. The van der Waals surface area contributed by atoms with Crippen molar-refractivity contribution in [2.75, 3.05) is 0 Å². The minimum atomic E-state index is -0.116. The molecule has 0 bridgehead atoms. The molecule has 3 heteroatoms. The summed E-state index contributed by atoms with van der Waals surface area (Å²) in [7, 11) is 0. The van der Waals surface area contributed by atoms with Crippen LogP contribution in [0.15, 0.2) is 30.3 Å². The van der Waals surface area contributed by atoms with Crippen molar-refractivity contribution < 1.29 is 14.3 Å². The largest absolute Gasteiger partial charge is 0.462 e. The summed E-state index contributed by atoms with van der Waals surface area (Å²) in [6, 6.07) is 9.41. The molecule has 0 spiro atoms. The van der Waals surface area contributed by atoms with E-state index in [2.05, 4.69) is 27.7 Å². The number of ether oxygens (including phenoxy) is 1. The lowest BCUT2D eigenvalue weighted by Gasteiger charge is -2.36. The van der Waals surface area contributed by atoms with Crippen LogP contribution in [-0.2, 0) is 9.53 Å². The van der Waals surface area contributed by atoms with Gasteiger partial charge in [0, 0.05) is 17.9 Å². The summed E-state index contributed by atoms with van der Waals surface area (Å²) in [5.74, 6) is 2.04. The van der Waals surface area contributed by atoms with Crippen LogP contribution in [0.3, 0.4) is 0 Å². The fraction of sp³-hybridized carbons (Fsp3) is 0.652. The number of ketones is 1. The average Bonchev–Trinajstić information content (AvgIpc) is 3.23. The molecule has 0 unspecified atom stereocenters. The molecule has 0 heterocycles. The molecular weight excluding hydrogens is 324 g/mol. The highest BCUT2D eigenvalue weighted by Crippen LogP contribution is 2.50. The molecule has 2 fully saturated rings. The monoisotopic (exact) mass is 356 g/mol. The Morgan fingerprint density at radius 1 is 1.12 bits per heavy atom. The van der Waals surface area contributed by atoms with E-state index in [1.807, 2.05) is 30.3 Å². The Labute approximate surface area is 157 Å². The van der Waals surface area contributed by atoms with Crippen LogP contribution in [0.2, 0.25) is 0 Å². The number of Topliss-reactive ketones (excluding diaryl/α,β-unsaturated/α-hetero) is 1. The summed E-state index contributed by atoms with van der Waals surface area (Å²) in [4.78, 5) is 25.2. The van der Waals surface area contributed by atoms with Gasteiger partial charge in [0.1, 0.15) is 6.10 Å². The maximum Gasteiger partial charge on any atom is 0.306 e. The second-order valence-electron chi connectivity index (χ2n) is 8.84. The molecule has 6 atom stereocenters. The summed E-state index contributed by atoms with van der Waals surface area (Å²) in [6.45, 7) is 8.76. The summed E-state index contributed by atoms with van der Waals surface area (Å²) < 4.78 is 5.92. The third-order valence-corrected chi connectivity index (χ3v) is 6.57. The predicted molar refractivity (Wildman–Crippen MR) is 103 cm³/mol. The second-order valence-corrected chi connectivity index (χ2v) is 8.84. The van der Waals surface area contributed by atoms with Gasteiger partial charge in [-0.2, -0.15) is 0 Å². The second kappa shape index (κ2) is 7.94. The van der Waals surface area contributed by atoms with Crippen LogP contribution in [0, 0.1) is 35.5 Å². The zero-order chi connectivity index (χ0) is 18.8. The van der Waals surface area contributed by atoms with Gasteiger partial charge in [-0.3, -0.25) is 9.59 Å². The molecule has 0 amide bonds. The minimum Gasteiger partial charge on any atom is -0.462 e. The van der Waals surface area contributed by atoms with Gasteiger partial charge < -0.3 is 4.74 Å². The van der Waals surface area contributed by atoms with E-state index >= 15 is 0 Å². The molecule has 0 aliphatic heterocycles. The zero-order valence-corrected chi connectivity index (χ0v) is 16.5. The van der Waals surface area contributed by atoms with Crippen LogP contribution in [0.1, 0.15) is 63.7 Å². The molecule has 2 aliphatic carbocycles. The van der Waals surface area contributed by atoms with Crippen molar-refractivity contribution in [3.8, 4) is 0 Å². The molecule has 0 N–H and O–H groups in total. The van der Waals surface area contributed by atoms with Gasteiger partial charge in [0.15, 0.2) is 5.78 Å². The van der Waals surface area contributed by atoms with E-state index in [0.717, 1.165) is 18.4 Å². The number of carbonyl (C=O) groups is 2. The van der Waals surface area contributed by atoms with Crippen LogP contribution in [0.25, 0.3) is 0 Å². The van der Waals surface area contributed by atoms with Crippen molar-refractivity contribution >= 4 is 11.8 Å². The molecule has 142 valence electrons. The highest BCUT2D eigenvalue weighted by Gasteiger charge is 2.52. The number of carbonyl (C=O) groups excluding carboxylic acids is 2. The first-order valence-electron chi connectivity index (χ1n) is 10.2. The van der Waals surface area contributed by atoms with Crippen molar-refractivity contribution in [3.05, 3.63) is 35.9 Å². The van der Waals surface area contributed by atoms with Gasteiger partial charge in [0.25, 0.3) is 0 Å². The minimum absolute atomic E-state index is 0.0314. The van der Waals surface area contributed by atoms with Crippen molar-refractivity contribution in [1.82, 2.24) is 0 Å². The van der Waals surface area contributed by atoms with Crippen LogP contribution in [0.4, 0.5) is 0 Å². The fourth-order valence-electron chi connectivity index (χ4n) is 4.75. The zero-order valence-electron chi connectivity index (χ0n) is 16.5. The maximum atomic E-state index is 12.6. The van der Waals surface area contributed by atoms with Gasteiger partial charge in [-0.15, -0.1) is 0 Å². The Kier molecular flexibility index (Phi) is 5.84. The number of hydrogen-bond donors (Lipinski definition) is 0. The standard InChI is InChI=1S/C23H32O3/c1-14(2)18-11-10-15(3)12-20(18)26-21(24)13-19-16(4)22(19)23(25)17-8-6-5-7-9-17/h5-9,14-16,18-20,22H,10-13H2,1-4H3/t15-,16-,18+,19+,20-,22-/m1/s1. The molecule has 2 aliphatic rings. The topological polar surface area (TPSA) is 43.4 Å². The quantitative estimate of drug-likeness (QED) is 0.523. The maximum absolute atomic E-state index is 12.6. The highest BCUT2D eigenvalue weighted by molar-refractivity contribution is 6.00. The summed E-state index contributed by atoms with van der Waals surface area (Å²) in [6.07, 6.45) is 3.76. The molecule has 0 radical (unpaired) electrons. The van der Waals surface area contributed by atoms with E-state index < -0.39 is 0 Å². The van der Waals surface area contributed by atoms with Gasteiger partial charge in [-0.1, -0.05) is 64.4 Å².